The number of fused-ring (bicyclic) bond motifs is 1. The molecule has 0 aliphatic carbocycles. The second-order valence-corrected chi connectivity index (χ2v) is 10.6. The van der Waals surface area contributed by atoms with Crippen LogP contribution in [-0.2, 0) is 4.74 Å². The molecule has 0 bridgehead atoms. The molecular weight excluding hydrogens is 550 g/mol. The summed E-state index contributed by atoms with van der Waals surface area (Å²) in [6, 6.07) is 10.5. The molecule has 43 heavy (non-hydrogen) atoms. The molecule has 2 aromatic carbocycles. The zero-order valence-corrected chi connectivity index (χ0v) is 24.8. The first-order valence-corrected chi connectivity index (χ1v) is 13.5. The SMILES string of the molecule is C.CC(=O)n1cc(-c2nc(Nc3cc([N+](=O)[O-])c(N(C)CCN(C)C)cc3C)ncc2C(=O)OC(C)C)c2ccccc21. The largest absolute Gasteiger partial charge is 0.459 e. The van der Waals surface area contributed by atoms with Gasteiger partial charge in [0, 0.05) is 56.5 Å². The summed E-state index contributed by atoms with van der Waals surface area (Å²) in [5.74, 6) is -0.685. The quantitative estimate of drug-likeness (QED) is 0.135. The van der Waals surface area contributed by atoms with Gasteiger partial charge in [0.05, 0.1) is 27.9 Å². The zero-order chi connectivity index (χ0) is 30.7. The fourth-order valence-corrected chi connectivity index (χ4v) is 4.56. The van der Waals surface area contributed by atoms with Gasteiger partial charge in [0.25, 0.3) is 5.69 Å². The van der Waals surface area contributed by atoms with Gasteiger partial charge in [0.1, 0.15) is 11.3 Å². The van der Waals surface area contributed by atoms with E-state index in [1.165, 1.54) is 23.8 Å². The Morgan fingerprint density at radius 1 is 1.14 bits per heavy atom. The van der Waals surface area contributed by atoms with Crippen molar-refractivity contribution in [3.8, 4) is 11.3 Å². The lowest BCUT2D eigenvalue weighted by atomic mass is 10.1. The number of hydrogen-bond donors (Lipinski definition) is 1. The first kappa shape index (κ1) is 32.7. The van der Waals surface area contributed by atoms with E-state index < -0.39 is 10.9 Å². The number of anilines is 3. The molecule has 12 heteroatoms. The molecule has 0 unspecified atom stereocenters. The molecule has 12 nitrogen and oxygen atoms in total. The van der Waals surface area contributed by atoms with Crippen LogP contribution < -0.4 is 10.2 Å². The molecule has 2 aromatic heterocycles. The summed E-state index contributed by atoms with van der Waals surface area (Å²) in [7, 11) is 5.71. The Kier molecular flexibility index (Phi) is 10.2. The summed E-state index contributed by atoms with van der Waals surface area (Å²) in [4.78, 5) is 50.0. The van der Waals surface area contributed by atoms with Crippen molar-refractivity contribution in [2.45, 2.75) is 41.2 Å². The van der Waals surface area contributed by atoms with Crippen LogP contribution in [0, 0.1) is 17.0 Å². The maximum absolute atomic E-state index is 13.1. The van der Waals surface area contributed by atoms with E-state index in [2.05, 4.69) is 15.3 Å². The van der Waals surface area contributed by atoms with Crippen LogP contribution >= 0.6 is 0 Å². The highest BCUT2D eigenvalue weighted by molar-refractivity contribution is 6.05. The molecule has 0 fully saturated rings. The lowest BCUT2D eigenvalue weighted by molar-refractivity contribution is -0.384. The smallest absolute Gasteiger partial charge is 0.342 e. The van der Waals surface area contributed by atoms with Crippen molar-refractivity contribution < 1.29 is 19.2 Å². The fraction of sp³-hybridized carbons (Fsp3) is 0.355. The molecule has 0 saturated heterocycles. The highest BCUT2D eigenvalue weighted by Crippen LogP contribution is 2.36. The molecule has 0 radical (unpaired) electrons. The van der Waals surface area contributed by atoms with E-state index in [1.54, 1.807) is 26.1 Å². The maximum Gasteiger partial charge on any atom is 0.342 e. The number of benzene rings is 2. The van der Waals surface area contributed by atoms with Crippen molar-refractivity contribution in [3.63, 3.8) is 0 Å². The number of carbonyl (C=O) groups is 2. The van der Waals surface area contributed by atoms with E-state index in [1.807, 2.05) is 62.1 Å². The van der Waals surface area contributed by atoms with E-state index in [-0.39, 0.29) is 42.3 Å². The molecule has 1 N–H and O–H groups in total. The van der Waals surface area contributed by atoms with Crippen LogP contribution in [-0.4, -0.2) is 76.6 Å². The third-order valence-electron chi connectivity index (χ3n) is 6.72. The summed E-state index contributed by atoms with van der Waals surface area (Å²) in [5.41, 5.74) is 3.22. The molecule has 0 aliphatic heterocycles. The lowest BCUT2D eigenvalue weighted by Crippen LogP contribution is -2.29. The number of hydrogen-bond acceptors (Lipinski definition) is 10. The predicted molar refractivity (Wildman–Crippen MR) is 169 cm³/mol. The monoisotopic (exact) mass is 589 g/mol. The van der Waals surface area contributed by atoms with Gasteiger partial charge in [-0.25, -0.2) is 14.8 Å². The maximum atomic E-state index is 13.1. The van der Waals surface area contributed by atoms with E-state index in [4.69, 9.17) is 4.74 Å². The van der Waals surface area contributed by atoms with Gasteiger partial charge < -0.3 is 19.9 Å². The Morgan fingerprint density at radius 2 is 1.84 bits per heavy atom. The number of para-hydroxylation sites is 1. The Balaban J connectivity index is 0.00000506. The minimum atomic E-state index is -0.608. The minimum absolute atomic E-state index is 0. The summed E-state index contributed by atoms with van der Waals surface area (Å²) in [5, 5.41) is 15.9. The molecule has 4 rings (SSSR count). The second kappa shape index (κ2) is 13.4. The van der Waals surface area contributed by atoms with E-state index in [9.17, 15) is 19.7 Å². The van der Waals surface area contributed by atoms with Gasteiger partial charge in [-0.15, -0.1) is 0 Å². The van der Waals surface area contributed by atoms with Gasteiger partial charge >= 0.3 is 5.97 Å². The molecule has 0 aliphatic rings. The second-order valence-electron chi connectivity index (χ2n) is 10.6. The summed E-state index contributed by atoms with van der Waals surface area (Å²) in [6.45, 7) is 8.11. The van der Waals surface area contributed by atoms with E-state index in [0.717, 1.165) is 12.1 Å². The number of carbonyl (C=O) groups excluding carboxylic acids is 2. The number of likely N-dealkylation sites (N-methyl/N-ethyl adjacent to an activating group) is 2. The topological polar surface area (TPSA) is 136 Å². The third kappa shape index (κ3) is 7.15. The van der Waals surface area contributed by atoms with Crippen molar-refractivity contribution in [2.24, 2.45) is 0 Å². The Hall–Kier alpha value is -4.84. The number of esters is 1. The van der Waals surface area contributed by atoms with Gasteiger partial charge in [0.15, 0.2) is 0 Å². The highest BCUT2D eigenvalue weighted by atomic mass is 16.6. The summed E-state index contributed by atoms with van der Waals surface area (Å²) >= 11 is 0. The number of aryl methyl sites for hydroxylation is 1. The zero-order valence-electron chi connectivity index (χ0n) is 24.8. The van der Waals surface area contributed by atoms with Crippen LogP contribution in [0.1, 0.15) is 48.9 Å². The fourth-order valence-electron chi connectivity index (χ4n) is 4.56. The van der Waals surface area contributed by atoms with Gasteiger partial charge in [-0.3, -0.25) is 19.5 Å². The number of rotatable bonds is 10. The number of ether oxygens (including phenoxy) is 1. The molecule has 0 atom stereocenters. The molecule has 4 aromatic rings. The summed E-state index contributed by atoms with van der Waals surface area (Å²) in [6.07, 6.45) is 2.63. The number of nitrogens with zero attached hydrogens (tertiary/aromatic N) is 6. The van der Waals surface area contributed by atoms with Crippen molar-refractivity contribution in [1.29, 1.82) is 0 Å². The standard InChI is InChI=1S/C30H35N7O5.CH4/c1-18(2)42-29(39)22-16-31-30(33-28(22)23-17-36(20(4)38)25-11-9-8-10-21(23)25)32-24-15-27(37(40)41)26(14-19(24)3)35(7)13-12-34(5)6;/h8-11,14-18H,12-13H2,1-7H3,(H,31,32,33);1H4. The molecule has 228 valence electrons. The predicted octanol–water partition coefficient (Wildman–Crippen LogP) is 5.92. The Morgan fingerprint density at radius 3 is 2.47 bits per heavy atom. The van der Waals surface area contributed by atoms with Crippen molar-refractivity contribution in [2.75, 3.05) is 44.4 Å². The Bertz CT molecular complexity index is 1660. The van der Waals surface area contributed by atoms with E-state index >= 15 is 0 Å². The van der Waals surface area contributed by atoms with Crippen LogP contribution in [0.15, 0.2) is 48.8 Å². The van der Waals surface area contributed by atoms with Gasteiger partial charge in [-0.05, 0) is 52.6 Å². The van der Waals surface area contributed by atoms with Crippen molar-refractivity contribution in [1.82, 2.24) is 19.4 Å². The number of nitro benzene ring substituents is 1. The van der Waals surface area contributed by atoms with Crippen LogP contribution in [0.25, 0.3) is 22.2 Å². The molecule has 0 amide bonds. The summed E-state index contributed by atoms with van der Waals surface area (Å²) < 4.78 is 6.96. The number of aromatic nitrogens is 3. The average molecular weight is 590 g/mol. The van der Waals surface area contributed by atoms with Crippen molar-refractivity contribution in [3.05, 3.63) is 70.0 Å². The van der Waals surface area contributed by atoms with Crippen LogP contribution in [0.5, 0.6) is 0 Å². The van der Waals surface area contributed by atoms with E-state index in [0.29, 0.717) is 34.4 Å². The minimum Gasteiger partial charge on any atom is -0.459 e. The van der Waals surface area contributed by atoms with Gasteiger partial charge in [-0.1, -0.05) is 25.6 Å². The van der Waals surface area contributed by atoms with Gasteiger partial charge in [-0.2, -0.15) is 0 Å². The first-order valence-electron chi connectivity index (χ1n) is 13.5. The van der Waals surface area contributed by atoms with Crippen LogP contribution in [0.2, 0.25) is 0 Å². The molecular formula is C31H39N7O5. The lowest BCUT2D eigenvalue weighted by Gasteiger charge is -2.22. The third-order valence-corrected chi connectivity index (χ3v) is 6.72. The Labute approximate surface area is 251 Å². The van der Waals surface area contributed by atoms with Crippen molar-refractivity contribution >= 4 is 45.8 Å². The number of nitro groups is 1. The normalized spacial score (nSPS) is 11.0. The molecule has 0 saturated carbocycles. The molecule has 2 heterocycles. The average Bonchev–Trinajstić information content (AvgIpc) is 3.32. The highest BCUT2D eigenvalue weighted by Gasteiger charge is 2.24. The van der Waals surface area contributed by atoms with Crippen LogP contribution in [0.3, 0.4) is 0 Å². The van der Waals surface area contributed by atoms with Gasteiger partial charge in [0.2, 0.25) is 11.9 Å². The number of nitrogens with one attached hydrogen (secondary N) is 1. The first-order chi connectivity index (χ1) is 19.9. The molecule has 0 spiro atoms. The van der Waals surface area contributed by atoms with Crippen LogP contribution in [0.4, 0.5) is 23.0 Å².